The van der Waals surface area contributed by atoms with Crippen molar-refractivity contribution in [2.45, 2.75) is 0 Å². The van der Waals surface area contributed by atoms with Crippen molar-refractivity contribution in [2.75, 3.05) is 12.4 Å². The molecule has 1 heterocycles. The lowest BCUT2D eigenvalue weighted by molar-refractivity contribution is 1.09. The maximum atomic E-state index is 4.06. The molecule has 0 aliphatic rings. The van der Waals surface area contributed by atoms with Crippen LogP contribution in [0.25, 0.3) is 10.6 Å². The molecule has 2 rings (SSSR count). The number of anilines is 1. The van der Waals surface area contributed by atoms with E-state index in [9.17, 15) is 0 Å². The van der Waals surface area contributed by atoms with E-state index in [4.69, 9.17) is 0 Å². The van der Waals surface area contributed by atoms with E-state index in [0.717, 1.165) is 15.7 Å². The Balaban J connectivity index is 2.36. The molecular formula is C9H9N3S. The third kappa shape index (κ3) is 1.67. The van der Waals surface area contributed by atoms with E-state index in [0.29, 0.717) is 0 Å². The molecule has 3 nitrogen and oxygen atoms in total. The van der Waals surface area contributed by atoms with Gasteiger partial charge in [0.05, 0.1) is 0 Å². The maximum absolute atomic E-state index is 4.06. The highest BCUT2D eigenvalue weighted by Crippen LogP contribution is 2.25. The third-order valence-electron chi connectivity index (χ3n) is 1.66. The number of aromatic nitrogens is 2. The van der Waals surface area contributed by atoms with Crippen LogP contribution in [0.2, 0.25) is 0 Å². The van der Waals surface area contributed by atoms with Gasteiger partial charge in [-0.1, -0.05) is 41.7 Å². The van der Waals surface area contributed by atoms with Gasteiger partial charge >= 0.3 is 0 Å². The number of nitrogens with one attached hydrogen (secondary N) is 1. The molecule has 0 spiro atoms. The van der Waals surface area contributed by atoms with E-state index in [1.54, 1.807) is 11.3 Å². The summed E-state index contributed by atoms with van der Waals surface area (Å²) in [5.41, 5.74) is 1.11. The first-order valence-corrected chi connectivity index (χ1v) is 4.78. The lowest BCUT2D eigenvalue weighted by Gasteiger charge is -1.91. The summed E-state index contributed by atoms with van der Waals surface area (Å²) >= 11 is 1.55. The van der Waals surface area contributed by atoms with E-state index in [1.807, 2.05) is 37.4 Å². The van der Waals surface area contributed by atoms with Gasteiger partial charge < -0.3 is 5.32 Å². The summed E-state index contributed by atoms with van der Waals surface area (Å²) < 4.78 is 0. The average Bonchev–Trinajstić information content (AvgIpc) is 2.67. The monoisotopic (exact) mass is 191 g/mol. The van der Waals surface area contributed by atoms with E-state index in [1.165, 1.54) is 0 Å². The molecule has 0 saturated carbocycles. The second kappa shape index (κ2) is 3.53. The molecule has 66 valence electrons. The molecule has 0 aliphatic carbocycles. The fraction of sp³-hybridized carbons (Fsp3) is 0.111. The summed E-state index contributed by atoms with van der Waals surface area (Å²) in [6.45, 7) is 0. The van der Waals surface area contributed by atoms with Gasteiger partial charge in [-0.25, -0.2) is 0 Å². The molecule has 4 heteroatoms. The van der Waals surface area contributed by atoms with Gasteiger partial charge in [-0.15, -0.1) is 10.2 Å². The SMILES string of the molecule is CNc1nnc(-c2ccccc2)s1. The molecule has 0 radical (unpaired) electrons. The number of hydrogen-bond acceptors (Lipinski definition) is 4. The van der Waals surface area contributed by atoms with E-state index in [2.05, 4.69) is 15.5 Å². The lowest BCUT2D eigenvalue weighted by atomic mass is 10.2. The Morgan fingerprint density at radius 2 is 1.92 bits per heavy atom. The summed E-state index contributed by atoms with van der Waals surface area (Å²) in [4.78, 5) is 0. The van der Waals surface area contributed by atoms with Crippen LogP contribution in [0, 0.1) is 0 Å². The smallest absolute Gasteiger partial charge is 0.205 e. The molecule has 1 aromatic heterocycles. The number of rotatable bonds is 2. The van der Waals surface area contributed by atoms with Crippen LogP contribution in [0.3, 0.4) is 0 Å². The molecule has 2 aromatic rings. The predicted molar refractivity (Wildman–Crippen MR) is 54.9 cm³/mol. The molecular weight excluding hydrogens is 182 g/mol. The van der Waals surface area contributed by atoms with E-state index < -0.39 is 0 Å². The van der Waals surface area contributed by atoms with Crippen molar-refractivity contribution in [3.63, 3.8) is 0 Å². The third-order valence-corrected chi connectivity index (χ3v) is 2.65. The largest absolute Gasteiger partial charge is 0.363 e. The summed E-state index contributed by atoms with van der Waals surface area (Å²) in [5.74, 6) is 0. The van der Waals surface area contributed by atoms with Crippen LogP contribution < -0.4 is 5.32 Å². The van der Waals surface area contributed by atoms with Crippen LogP contribution in [-0.4, -0.2) is 17.2 Å². The Morgan fingerprint density at radius 1 is 1.15 bits per heavy atom. The molecule has 1 N–H and O–H groups in total. The van der Waals surface area contributed by atoms with Gasteiger partial charge in [-0.3, -0.25) is 0 Å². The lowest BCUT2D eigenvalue weighted by Crippen LogP contribution is -1.84. The van der Waals surface area contributed by atoms with Crippen LogP contribution >= 0.6 is 11.3 Å². The van der Waals surface area contributed by atoms with Gasteiger partial charge in [0.2, 0.25) is 5.13 Å². The fourth-order valence-corrected chi connectivity index (χ4v) is 1.72. The second-order valence-corrected chi connectivity index (χ2v) is 3.51. The molecule has 1 aromatic carbocycles. The van der Waals surface area contributed by atoms with Crippen molar-refractivity contribution in [2.24, 2.45) is 0 Å². The molecule has 0 aliphatic heterocycles. The molecule has 0 fully saturated rings. The molecule has 0 unspecified atom stereocenters. The van der Waals surface area contributed by atoms with Crippen molar-refractivity contribution < 1.29 is 0 Å². The molecule has 0 saturated heterocycles. The van der Waals surface area contributed by atoms with Gasteiger partial charge in [-0.05, 0) is 0 Å². The first-order valence-electron chi connectivity index (χ1n) is 3.97. The van der Waals surface area contributed by atoms with Crippen LogP contribution in [0.4, 0.5) is 5.13 Å². The summed E-state index contributed by atoms with van der Waals surface area (Å²) in [7, 11) is 1.84. The minimum Gasteiger partial charge on any atom is -0.363 e. The van der Waals surface area contributed by atoms with Crippen molar-refractivity contribution in [1.82, 2.24) is 10.2 Å². The van der Waals surface area contributed by atoms with Crippen molar-refractivity contribution >= 4 is 16.5 Å². The summed E-state index contributed by atoms with van der Waals surface area (Å²) in [6.07, 6.45) is 0. The van der Waals surface area contributed by atoms with Crippen molar-refractivity contribution in [3.8, 4) is 10.6 Å². The fourth-order valence-electron chi connectivity index (χ4n) is 1.02. The Morgan fingerprint density at radius 3 is 2.54 bits per heavy atom. The standard InChI is InChI=1S/C9H9N3S/c1-10-9-12-11-8(13-9)7-5-3-2-4-6-7/h2-6H,1H3,(H,10,12). The zero-order valence-corrected chi connectivity index (χ0v) is 8.01. The Kier molecular flexibility index (Phi) is 2.23. The highest BCUT2D eigenvalue weighted by molar-refractivity contribution is 7.18. The summed E-state index contributed by atoms with van der Waals surface area (Å²) in [5, 5.41) is 12.8. The van der Waals surface area contributed by atoms with Crippen LogP contribution in [0.5, 0.6) is 0 Å². The zero-order chi connectivity index (χ0) is 9.10. The minimum absolute atomic E-state index is 0.846. The van der Waals surface area contributed by atoms with Crippen LogP contribution in [-0.2, 0) is 0 Å². The van der Waals surface area contributed by atoms with Gasteiger partial charge in [0.15, 0.2) is 0 Å². The Hall–Kier alpha value is -1.42. The van der Waals surface area contributed by atoms with E-state index in [-0.39, 0.29) is 0 Å². The maximum Gasteiger partial charge on any atom is 0.205 e. The first kappa shape index (κ1) is 8.19. The summed E-state index contributed by atoms with van der Waals surface area (Å²) in [6, 6.07) is 10.0. The first-order chi connectivity index (χ1) is 6.40. The highest BCUT2D eigenvalue weighted by Gasteiger charge is 2.03. The van der Waals surface area contributed by atoms with Crippen LogP contribution in [0.1, 0.15) is 0 Å². The molecule has 13 heavy (non-hydrogen) atoms. The topological polar surface area (TPSA) is 37.8 Å². The molecule has 0 bridgehead atoms. The second-order valence-electron chi connectivity index (χ2n) is 2.53. The zero-order valence-electron chi connectivity index (χ0n) is 7.19. The normalized spacial score (nSPS) is 9.92. The van der Waals surface area contributed by atoms with Crippen molar-refractivity contribution in [1.29, 1.82) is 0 Å². The minimum atomic E-state index is 0.846. The molecule has 0 atom stereocenters. The van der Waals surface area contributed by atoms with Gasteiger partial charge in [0.25, 0.3) is 0 Å². The van der Waals surface area contributed by atoms with Crippen LogP contribution in [0.15, 0.2) is 30.3 Å². The number of benzene rings is 1. The Labute approximate surface area is 80.5 Å². The van der Waals surface area contributed by atoms with Gasteiger partial charge in [0.1, 0.15) is 5.01 Å². The van der Waals surface area contributed by atoms with E-state index >= 15 is 0 Å². The quantitative estimate of drug-likeness (QED) is 0.791. The number of nitrogens with zero attached hydrogens (tertiary/aromatic N) is 2. The average molecular weight is 191 g/mol. The molecule has 0 amide bonds. The van der Waals surface area contributed by atoms with Gasteiger partial charge in [-0.2, -0.15) is 0 Å². The highest BCUT2D eigenvalue weighted by atomic mass is 32.1. The Bertz CT molecular complexity index is 383. The predicted octanol–water partition coefficient (Wildman–Crippen LogP) is 2.25. The van der Waals surface area contributed by atoms with Crippen molar-refractivity contribution in [3.05, 3.63) is 30.3 Å². The van der Waals surface area contributed by atoms with Gasteiger partial charge in [0, 0.05) is 12.6 Å². The number of hydrogen-bond donors (Lipinski definition) is 1.